The van der Waals surface area contributed by atoms with Crippen molar-refractivity contribution < 1.29 is 9.90 Å². The van der Waals surface area contributed by atoms with Crippen molar-refractivity contribution in [3.8, 4) is 5.75 Å². The highest BCUT2D eigenvalue weighted by molar-refractivity contribution is 6.30. The number of phenolic OH excluding ortho intramolecular Hbond substituents is 1. The van der Waals surface area contributed by atoms with E-state index in [4.69, 9.17) is 11.6 Å². The summed E-state index contributed by atoms with van der Waals surface area (Å²) in [6, 6.07) is 14.2. The first-order valence-corrected chi connectivity index (χ1v) is 6.26. The van der Waals surface area contributed by atoms with Gasteiger partial charge in [-0.3, -0.25) is 4.79 Å². The van der Waals surface area contributed by atoms with Gasteiger partial charge in [-0.2, -0.15) is 0 Å². The van der Waals surface area contributed by atoms with Crippen molar-refractivity contribution in [2.75, 3.05) is 0 Å². The van der Waals surface area contributed by atoms with Gasteiger partial charge in [-0.15, -0.1) is 0 Å². The van der Waals surface area contributed by atoms with Gasteiger partial charge >= 0.3 is 0 Å². The van der Waals surface area contributed by atoms with Crippen molar-refractivity contribution in [1.82, 2.24) is 0 Å². The van der Waals surface area contributed by atoms with Gasteiger partial charge in [-0.05, 0) is 35.7 Å². The van der Waals surface area contributed by atoms with Crippen LogP contribution in [0.1, 0.15) is 11.1 Å². The third-order valence-corrected chi connectivity index (χ3v) is 3.05. The summed E-state index contributed by atoms with van der Waals surface area (Å²) in [7, 11) is 0. The van der Waals surface area contributed by atoms with E-state index >= 15 is 0 Å². The van der Waals surface area contributed by atoms with E-state index in [1.807, 2.05) is 18.2 Å². The predicted molar refractivity (Wildman–Crippen MR) is 77.3 cm³/mol. The van der Waals surface area contributed by atoms with Gasteiger partial charge < -0.3 is 5.11 Å². The molecule has 0 spiro atoms. The van der Waals surface area contributed by atoms with E-state index in [1.165, 1.54) is 0 Å². The molecular weight excluding hydrogens is 260 g/mol. The number of allylic oxidation sites excluding steroid dienone is 2. The molecule has 2 aromatic rings. The first kappa shape index (κ1) is 13.4. The number of phenols is 1. The lowest BCUT2D eigenvalue weighted by atomic mass is 10.0. The average Bonchev–Trinajstić information content (AvgIpc) is 2.41. The minimum atomic E-state index is 0.232. The summed E-state index contributed by atoms with van der Waals surface area (Å²) < 4.78 is 0. The Bertz CT molecular complexity index is 618. The fourth-order valence-corrected chi connectivity index (χ4v) is 2.00. The first-order valence-electron chi connectivity index (χ1n) is 5.89. The Morgan fingerprint density at radius 3 is 2.63 bits per heavy atom. The van der Waals surface area contributed by atoms with E-state index in [0.717, 1.165) is 17.4 Å². The monoisotopic (exact) mass is 272 g/mol. The number of hydrogen-bond acceptors (Lipinski definition) is 2. The van der Waals surface area contributed by atoms with Gasteiger partial charge in [0.25, 0.3) is 0 Å². The zero-order chi connectivity index (χ0) is 13.7. The Balaban J connectivity index is 2.25. The standard InChI is InChI=1S/C16H13ClO2/c17-15-6-3-5-13(10-15)14(11-18)9-8-12-4-1-2-7-16(12)19/h1-7,9-11,19H,8H2. The lowest BCUT2D eigenvalue weighted by Gasteiger charge is -2.03. The summed E-state index contributed by atoms with van der Waals surface area (Å²) in [4.78, 5) is 11.1. The van der Waals surface area contributed by atoms with Crippen LogP contribution in [0.2, 0.25) is 5.02 Å². The summed E-state index contributed by atoms with van der Waals surface area (Å²) in [5.41, 5.74) is 2.12. The van der Waals surface area contributed by atoms with E-state index < -0.39 is 0 Å². The molecule has 0 aliphatic carbocycles. The Labute approximate surface area is 117 Å². The van der Waals surface area contributed by atoms with Crippen LogP contribution >= 0.6 is 11.6 Å². The van der Waals surface area contributed by atoms with Crippen LogP contribution in [0.15, 0.2) is 54.6 Å². The zero-order valence-electron chi connectivity index (χ0n) is 10.2. The molecule has 0 saturated carbocycles. The van der Waals surface area contributed by atoms with Gasteiger partial charge in [0.05, 0.1) is 0 Å². The molecule has 0 fully saturated rings. The number of carbonyl (C=O) groups is 1. The van der Waals surface area contributed by atoms with E-state index in [2.05, 4.69) is 0 Å². The Morgan fingerprint density at radius 1 is 1.16 bits per heavy atom. The van der Waals surface area contributed by atoms with Gasteiger partial charge in [0, 0.05) is 10.6 Å². The fraction of sp³-hybridized carbons (Fsp3) is 0.0625. The van der Waals surface area contributed by atoms with Crippen LogP contribution in [0.4, 0.5) is 0 Å². The van der Waals surface area contributed by atoms with Crippen molar-refractivity contribution in [2.45, 2.75) is 6.42 Å². The number of rotatable bonds is 4. The normalized spacial score (nSPS) is 11.3. The summed E-state index contributed by atoms with van der Waals surface area (Å²) >= 11 is 5.91. The zero-order valence-corrected chi connectivity index (χ0v) is 11.0. The summed E-state index contributed by atoms with van der Waals surface area (Å²) in [6.07, 6.45) is 3.08. The molecule has 0 radical (unpaired) electrons. The van der Waals surface area contributed by atoms with Crippen LogP contribution in [0.5, 0.6) is 5.75 Å². The molecule has 0 heterocycles. The van der Waals surface area contributed by atoms with Crippen LogP contribution < -0.4 is 0 Å². The second-order valence-corrected chi connectivity index (χ2v) is 4.56. The maximum absolute atomic E-state index is 11.1. The van der Waals surface area contributed by atoms with Crippen LogP contribution in [0.25, 0.3) is 5.57 Å². The highest BCUT2D eigenvalue weighted by atomic mass is 35.5. The second kappa shape index (κ2) is 6.21. The molecule has 0 unspecified atom stereocenters. The van der Waals surface area contributed by atoms with Crippen LogP contribution in [0.3, 0.4) is 0 Å². The molecule has 3 heteroatoms. The van der Waals surface area contributed by atoms with Gasteiger partial charge in [0.1, 0.15) is 12.0 Å². The van der Waals surface area contributed by atoms with Gasteiger partial charge in [0.15, 0.2) is 0 Å². The molecule has 0 atom stereocenters. The molecule has 1 N–H and O–H groups in total. The molecule has 0 aromatic heterocycles. The molecule has 0 bridgehead atoms. The van der Waals surface area contributed by atoms with Crippen LogP contribution in [-0.4, -0.2) is 11.4 Å². The Kier molecular flexibility index (Phi) is 4.37. The third-order valence-electron chi connectivity index (χ3n) is 2.82. The van der Waals surface area contributed by atoms with Crippen molar-refractivity contribution in [2.24, 2.45) is 0 Å². The van der Waals surface area contributed by atoms with Crippen molar-refractivity contribution >= 4 is 23.5 Å². The smallest absolute Gasteiger partial charge is 0.150 e. The Morgan fingerprint density at radius 2 is 1.95 bits per heavy atom. The topological polar surface area (TPSA) is 37.3 Å². The fourth-order valence-electron chi connectivity index (χ4n) is 1.81. The molecular formula is C16H13ClO2. The van der Waals surface area contributed by atoms with E-state index in [9.17, 15) is 9.90 Å². The van der Waals surface area contributed by atoms with Crippen molar-refractivity contribution in [3.05, 3.63) is 70.8 Å². The van der Waals surface area contributed by atoms with Gasteiger partial charge in [0.2, 0.25) is 0 Å². The number of halogens is 1. The highest BCUT2D eigenvalue weighted by Gasteiger charge is 2.02. The molecule has 0 aliphatic heterocycles. The lowest BCUT2D eigenvalue weighted by molar-refractivity contribution is -0.103. The summed E-state index contributed by atoms with van der Waals surface area (Å²) in [5, 5.41) is 10.3. The molecule has 96 valence electrons. The molecule has 0 aliphatic rings. The molecule has 2 rings (SSSR count). The van der Waals surface area contributed by atoms with E-state index in [-0.39, 0.29) is 5.75 Å². The summed E-state index contributed by atoms with van der Waals surface area (Å²) in [6.45, 7) is 0. The second-order valence-electron chi connectivity index (χ2n) is 4.12. The van der Waals surface area contributed by atoms with Gasteiger partial charge in [-0.25, -0.2) is 0 Å². The largest absolute Gasteiger partial charge is 0.508 e. The quantitative estimate of drug-likeness (QED) is 0.678. The summed E-state index contributed by atoms with van der Waals surface area (Å²) in [5.74, 6) is 0.232. The number of carbonyl (C=O) groups excluding carboxylic acids is 1. The minimum Gasteiger partial charge on any atom is -0.508 e. The number of hydrogen-bond donors (Lipinski definition) is 1. The lowest BCUT2D eigenvalue weighted by Crippen LogP contribution is -1.89. The minimum absolute atomic E-state index is 0.232. The van der Waals surface area contributed by atoms with E-state index in [0.29, 0.717) is 17.0 Å². The van der Waals surface area contributed by atoms with Crippen molar-refractivity contribution in [3.63, 3.8) is 0 Å². The molecule has 2 nitrogen and oxygen atoms in total. The number of para-hydroxylation sites is 1. The van der Waals surface area contributed by atoms with Crippen LogP contribution in [-0.2, 0) is 11.2 Å². The van der Waals surface area contributed by atoms with Crippen LogP contribution in [0, 0.1) is 0 Å². The third kappa shape index (κ3) is 3.46. The number of benzene rings is 2. The first-order chi connectivity index (χ1) is 9.20. The number of aromatic hydroxyl groups is 1. The molecule has 2 aromatic carbocycles. The van der Waals surface area contributed by atoms with E-state index in [1.54, 1.807) is 36.4 Å². The predicted octanol–water partition coefficient (Wildman–Crippen LogP) is 3.87. The average molecular weight is 273 g/mol. The molecule has 0 saturated heterocycles. The SMILES string of the molecule is O=CC(=CCc1ccccc1O)c1cccc(Cl)c1. The van der Waals surface area contributed by atoms with Gasteiger partial charge in [-0.1, -0.05) is 48.0 Å². The highest BCUT2D eigenvalue weighted by Crippen LogP contribution is 2.21. The molecule has 0 amide bonds. The Hall–Kier alpha value is -2.06. The molecule has 19 heavy (non-hydrogen) atoms. The maximum atomic E-state index is 11.1. The van der Waals surface area contributed by atoms with Crippen molar-refractivity contribution in [1.29, 1.82) is 0 Å². The number of aldehydes is 1. The maximum Gasteiger partial charge on any atom is 0.150 e.